The molecule has 0 aromatic carbocycles. The highest BCUT2D eigenvalue weighted by atomic mass is 19.3. The normalized spacial score (nSPS) is 12.2. The molecule has 0 spiro atoms. The summed E-state index contributed by atoms with van der Waals surface area (Å²) in [5.41, 5.74) is 0. The third-order valence-corrected chi connectivity index (χ3v) is 2.53. The molecule has 0 aliphatic heterocycles. The van der Waals surface area contributed by atoms with Crippen LogP contribution in [0.25, 0.3) is 0 Å². The van der Waals surface area contributed by atoms with Gasteiger partial charge in [-0.05, 0) is 18.6 Å². The van der Waals surface area contributed by atoms with Crippen LogP contribution in [-0.2, 0) is 4.79 Å². The summed E-state index contributed by atoms with van der Waals surface area (Å²) < 4.78 is 26.0. The fourth-order valence-electron chi connectivity index (χ4n) is 1.58. The number of rotatable bonds is 10. The first-order chi connectivity index (χ1) is 7.62. The minimum Gasteiger partial charge on any atom is -0.299 e. The van der Waals surface area contributed by atoms with Gasteiger partial charge in [0.1, 0.15) is 6.29 Å². The van der Waals surface area contributed by atoms with Crippen molar-refractivity contribution >= 4 is 6.29 Å². The van der Waals surface area contributed by atoms with E-state index in [1.807, 2.05) is 0 Å². The van der Waals surface area contributed by atoms with Gasteiger partial charge in [-0.1, -0.05) is 45.4 Å². The summed E-state index contributed by atoms with van der Waals surface area (Å²) in [7, 11) is 0. The van der Waals surface area contributed by atoms with Crippen LogP contribution in [0.15, 0.2) is 12.2 Å². The van der Waals surface area contributed by atoms with Crippen LogP contribution >= 0.6 is 0 Å². The van der Waals surface area contributed by atoms with Crippen LogP contribution in [0.1, 0.15) is 58.3 Å². The van der Waals surface area contributed by atoms with Crippen molar-refractivity contribution < 1.29 is 13.6 Å². The molecule has 1 nitrogen and oxygen atoms in total. The molecule has 0 aromatic rings. The zero-order valence-electron chi connectivity index (χ0n) is 10.1. The van der Waals surface area contributed by atoms with Crippen molar-refractivity contribution in [2.75, 3.05) is 0 Å². The summed E-state index contributed by atoms with van der Waals surface area (Å²) in [6.45, 7) is 2.15. The van der Waals surface area contributed by atoms with Crippen molar-refractivity contribution in [3.63, 3.8) is 0 Å². The molecule has 0 aliphatic carbocycles. The molecular weight excluding hydrogens is 210 g/mol. The molecule has 3 heteroatoms. The number of alkyl halides is 2. The standard InChI is InChI=1S/C13H22F2O/c1-2-3-4-5-6-7-8-10-13(14,15)11-9-12-16/h9,11-12H,2-8,10H2,1H3/b11-9+. The number of halogens is 2. The number of carbonyl (C=O) groups excluding carboxylic acids is 1. The number of allylic oxidation sites excluding steroid dienone is 2. The van der Waals surface area contributed by atoms with Gasteiger partial charge in [0.2, 0.25) is 0 Å². The molecule has 16 heavy (non-hydrogen) atoms. The van der Waals surface area contributed by atoms with Crippen LogP contribution < -0.4 is 0 Å². The Morgan fingerprint density at radius 1 is 1.00 bits per heavy atom. The van der Waals surface area contributed by atoms with Crippen molar-refractivity contribution in [1.82, 2.24) is 0 Å². The van der Waals surface area contributed by atoms with Gasteiger partial charge in [0, 0.05) is 6.42 Å². The molecule has 0 amide bonds. The first-order valence-corrected chi connectivity index (χ1v) is 6.13. The van der Waals surface area contributed by atoms with Crippen molar-refractivity contribution in [1.29, 1.82) is 0 Å². The molecule has 0 saturated carbocycles. The van der Waals surface area contributed by atoms with E-state index in [-0.39, 0.29) is 6.42 Å². The first-order valence-electron chi connectivity index (χ1n) is 6.13. The average molecular weight is 232 g/mol. The first kappa shape index (κ1) is 15.3. The Kier molecular flexibility index (Phi) is 9.06. The van der Waals surface area contributed by atoms with Gasteiger partial charge in [-0.3, -0.25) is 4.79 Å². The van der Waals surface area contributed by atoms with E-state index in [0.29, 0.717) is 18.8 Å². The number of hydrogen-bond acceptors (Lipinski definition) is 1. The summed E-state index contributed by atoms with van der Waals surface area (Å²) in [5.74, 6) is -2.82. The van der Waals surface area contributed by atoms with E-state index in [4.69, 9.17) is 0 Å². The van der Waals surface area contributed by atoms with E-state index in [2.05, 4.69) is 6.92 Å². The fraction of sp³-hybridized carbons (Fsp3) is 0.769. The van der Waals surface area contributed by atoms with Gasteiger partial charge in [0.25, 0.3) is 5.92 Å². The highest BCUT2D eigenvalue weighted by molar-refractivity contribution is 5.64. The van der Waals surface area contributed by atoms with E-state index in [1.54, 1.807) is 0 Å². The Hall–Kier alpha value is -0.730. The summed E-state index contributed by atoms with van der Waals surface area (Å²) in [6.07, 6.45) is 9.01. The van der Waals surface area contributed by atoms with Gasteiger partial charge >= 0.3 is 0 Å². The monoisotopic (exact) mass is 232 g/mol. The van der Waals surface area contributed by atoms with Crippen molar-refractivity contribution in [3.05, 3.63) is 12.2 Å². The minimum absolute atomic E-state index is 0.148. The van der Waals surface area contributed by atoms with E-state index < -0.39 is 5.92 Å². The maximum absolute atomic E-state index is 13.0. The molecule has 0 N–H and O–H groups in total. The van der Waals surface area contributed by atoms with E-state index in [9.17, 15) is 13.6 Å². The molecular formula is C13H22F2O. The van der Waals surface area contributed by atoms with Crippen LogP contribution in [-0.4, -0.2) is 12.2 Å². The number of unbranched alkanes of at least 4 members (excludes halogenated alkanes) is 6. The lowest BCUT2D eigenvalue weighted by molar-refractivity contribution is -0.104. The van der Waals surface area contributed by atoms with Crippen molar-refractivity contribution in [2.24, 2.45) is 0 Å². The second kappa shape index (κ2) is 9.49. The second-order valence-corrected chi connectivity index (χ2v) is 4.13. The van der Waals surface area contributed by atoms with Crippen LogP contribution in [0.5, 0.6) is 0 Å². The third-order valence-electron chi connectivity index (χ3n) is 2.53. The Balaban J connectivity index is 3.43. The largest absolute Gasteiger partial charge is 0.299 e. The maximum Gasteiger partial charge on any atom is 0.266 e. The zero-order chi connectivity index (χ0) is 12.3. The predicted molar refractivity (Wildman–Crippen MR) is 62.8 cm³/mol. The van der Waals surface area contributed by atoms with Crippen LogP contribution in [0.4, 0.5) is 8.78 Å². The molecule has 0 rings (SSSR count). The lowest BCUT2D eigenvalue weighted by atomic mass is 10.1. The number of carbonyl (C=O) groups is 1. The van der Waals surface area contributed by atoms with Crippen LogP contribution in [0.2, 0.25) is 0 Å². The highest BCUT2D eigenvalue weighted by Gasteiger charge is 2.23. The Labute approximate surface area is 96.9 Å². The molecule has 0 aromatic heterocycles. The van der Waals surface area contributed by atoms with Crippen molar-refractivity contribution in [2.45, 2.75) is 64.2 Å². The fourth-order valence-corrected chi connectivity index (χ4v) is 1.58. The SMILES string of the molecule is CCCCCCCCCC(F)(F)/C=C/C=O. The quantitative estimate of drug-likeness (QED) is 0.307. The Morgan fingerprint density at radius 3 is 2.12 bits per heavy atom. The summed E-state index contributed by atoms with van der Waals surface area (Å²) >= 11 is 0. The Bertz CT molecular complexity index is 200. The second-order valence-electron chi connectivity index (χ2n) is 4.13. The molecule has 0 atom stereocenters. The van der Waals surface area contributed by atoms with Gasteiger partial charge in [-0.15, -0.1) is 0 Å². The minimum atomic E-state index is -2.82. The maximum atomic E-state index is 13.0. The summed E-state index contributed by atoms with van der Waals surface area (Å²) in [4.78, 5) is 9.91. The number of hydrogen-bond donors (Lipinski definition) is 0. The smallest absolute Gasteiger partial charge is 0.266 e. The number of aldehydes is 1. The highest BCUT2D eigenvalue weighted by Crippen LogP contribution is 2.23. The molecule has 0 heterocycles. The molecule has 0 radical (unpaired) electrons. The van der Waals surface area contributed by atoms with Gasteiger partial charge in [-0.2, -0.15) is 0 Å². The van der Waals surface area contributed by atoms with Gasteiger partial charge in [-0.25, -0.2) is 8.78 Å². The topological polar surface area (TPSA) is 17.1 Å². The lowest BCUT2D eigenvalue weighted by Gasteiger charge is -2.10. The summed E-state index contributed by atoms with van der Waals surface area (Å²) in [6, 6.07) is 0. The molecule has 94 valence electrons. The third kappa shape index (κ3) is 9.81. The average Bonchev–Trinajstić information content (AvgIpc) is 2.25. The molecule has 0 unspecified atom stereocenters. The Morgan fingerprint density at radius 2 is 1.56 bits per heavy atom. The lowest BCUT2D eigenvalue weighted by Crippen LogP contribution is -2.11. The van der Waals surface area contributed by atoms with E-state index in [0.717, 1.165) is 25.3 Å². The zero-order valence-corrected chi connectivity index (χ0v) is 10.1. The molecule has 0 bridgehead atoms. The molecule has 0 saturated heterocycles. The van der Waals surface area contributed by atoms with E-state index >= 15 is 0 Å². The van der Waals surface area contributed by atoms with E-state index in [1.165, 1.54) is 19.3 Å². The van der Waals surface area contributed by atoms with Crippen LogP contribution in [0, 0.1) is 0 Å². The van der Waals surface area contributed by atoms with Crippen molar-refractivity contribution in [3.8, 4) is 0 Å². The van der Waals surface area contributed by atoms with Gasteiger partial charge < -0.3 is 0 Å². The van der Waals surface area contributed by atoms with Gasteiger partial charge in [0.05, 0.1) is 0 Å². The van der Waals surface area contributed by atoms with Gasteiger partial charge in [0.15, 0.2) is 0 Å². The van der Waals surface area contributed by atoms with Crippen LogP contribution in [0.3, 0.4) is 0 Å². The predicted octanol–water partition coefficient (Wildman–Crippen LogP) is 4.52. The molecule has 0 aliphatic rings. The molecule has 0 fully saturated rings. The summed E-state index contributed by atoms with van der Waals surface area (Å²) in [5, 5.41) is 0.